The lowest BCUT2D eigenvalue weighted by molar-refractivity contribution is 0.0547. The average Bonchev–Trinajstić information content (AvgIpc) is 2.90. The number of hydrogen-bond acceptors (Lipinski definition) is 9. The average molecular weight is 537 g/mol. The Kier molecular flexibility index (Phi) is 13.8. The Balaban J connectivity index is 2.07. The van der Waals surface area contributed by atoms with E-state index in [1.54, 1.807) is 0 Å². The van der Waals surface area contributed by atoms with Gasteiger partial charge in [0.1, 0.15) is 0 Å². The Morgan fingerprint density at radius 1 is 0.649 bits per heavy atom. The van der Waals surface area contributed by atoms with Gasteiger partial charge >= 0.3 is 6.01 Å². The lowest BCUT2D eigenvalue weighted by Gasteiger charge is -2.12. The van der Waals surface area contributed by atoms with E-state index in [0.717, 1.165) is 32.1 Å². The third-order valence-corrected chi connectivity index (χ3v) is 4.95. The van der Waals surface area contributed by atoms with Gasteiger partial charge in [-0.3, -0.25) is 0 Å². The zero-order valence-electron chi connectivity index (χ0n) is 20.7. The number of hydrogen-bond donors (Lipinski definition) is 3. The third kappa shape index (κ3) is 10.2. The fraction of sp³-hybridized carbons (Fsp3) is 0.609. The monoisotopic (exact) mass is 536 g/mol. The number of rotatable bonds is 19. The largest absolute Gasteiger partial charge is 0.418 e. The molecule has 0 radical (unpaired) electrons. The van der Waals surface area contributed by atoms with Gasteiger partial charge in [0.05, 0.1) is 26.4 Å². The first-order chi connectivity index (χ1) is 17.9. The minimum absolute atomic E-state index is 0.000956. The Labute approximate surface area is 212 Å². The number of nitrogens with two attached hydrogens (primary N) is 1. The van der Waals surface area contributed by atoms with E-state index < -0.39 is 40.8 Å². The van der Waals surface area contributed by atoms with Gasteiger partial charge in [-0.05, 0) is 6.42 Å². The van der Waals surface area contributed by atoms with Crippen LogP contribution >= 0.6 is 0 Å². The highest BCUT2D eigenvalue weighted by atomic mass is 19.2. The minimum atomic E-state index is -2.30. The number of aromatic nitrogens is 3. The van der Waals surface area contributed by atoms with Crippen LogP contribution in [0.2, 0.25) is 0 Å². The smallest absolute Gasteiger partial charge is 0.328 e. The van der Waals surface area contributed by atoms with Crippen LogP contribution in [0.1, 0.15) is 45.4 Å². The number of nitrogens with zero attached hydrogens (tertiary/aromatic N) is 3. The second kappa shape index (κ2) is 16.8. The molecular formula is C23H33F5N6O3. The highest BCUT2D eigenvalue weighted by Crippen LogP contribution is 2.32. The molecule has 0 saturated carbocycles. The Hall–Kier alpha value is -2.84. The van der Waals surface area contributed by atoms with Crippen LogP contribution in [0.25, 0.3) is 0 Å². The lowest BCUT2D eigenvalue weighted by atomic mass is 10.1. The van der Waals surface area contributed by atoms with E-state index in [4.69, 9.17) is 19.9 Å². The highest BCUT2D eigenvalue weighted by Gasteiger charge is 2.28. The summed E-state index contributed by atoms with van der Waals surface area (Å²) in [4.78, 5) is 11.9. The Morgan fingerprint density at radius 3 is 1.81 bits per heavy atom. The predicted octanol–water partition coefficient (Wildman–Crippen LogP) is 4.54. The second-order valence-corrected chi connectivity index (χ2v) is 7.90. The van der Waals surface area contributed by atoms with Crippen LogP contribution in [-0.4, -0.2) is 61.0 Å². The summed E-state index contributed by atoms with van der Waals surface area (Å²) in [6.07, 6.45) is 6.30. The van der Waals surface area contributed by atoms with E-state index in [9.17, 15) is 22.0 Å². The Morgan fingerprint density at radius 2 is 1.19 bits per heavy atom. The molecule has 0 aliphatic carbocycles. The summed E-state index contributed by atoms with van der Waals surface area (Å²) in [5.74, 6) is -12.4. The van der Waals surface area contributed by atoms with Gasteiger partial charge in [0.15, 0.2) is 0 Å². The molecule has 1 heterocycles. The van der Waals surface area contributed by atoms with Gasteiger partial charge in [-0.2, -0.15) is 23.7 Å². The predicted molar refractivity (Wildman–Crippen MR) is 127 cm³/mol. The standard InChI is InChI=1S/C23H33F5N6O3/c1-2-3-4-5-6-7-9-30-21-32-22(31-10-12-36-14-13-35-11-8-29)34-23(33-21)37-20-18(27)16(25)15(24)17(26)19(20)28/h2-14,29H2,1H3,(H2,30,31,32,33,34). The molecule has 0 fully saturated rings. The Bertz CT molecular complexity index is 944. The van der Waals surface area contributed by atoms with E-state index in [-0.39, 0.29) is 25.0 Å². The summed E-state index contributed by atoms with van der Waals surface area (Å²) >= 11 is 0. The molecule has 2 aromatic rings. The van der Waals surface area contributed by atoms with Gasteiger partial charge in [0, 0.05) is 19.6 Å². The van der Waals surface area contributed by atoms with Crippen molar-refractivity contribution in [3.05, 3.63) is 29.1 Å². The van der Waals surface area contributed by atoms with Crippen LogP contribution in [0, 0.1) is 29.1 Å². The number of ether oxygens (including phenoxy) is 3. The van der Waals surface area contributed by atoms with Crippen LogP contribution in [0.5, 0.6) is 11.8 Å². The van der Waals surface area contributed by atoms with E-state index in [2.05, 4.69) is 32.5 Å². The van der Waals surface area contributed by atoms with Crippen molar-refractivity contribution in [2.75, 3.05) is 56.7 Å². The molecule has 2 rings (SSSR count). The molecule has 0 aliphatic heterocycles. The molecule has 1 aromatic heterocycles. The van der Waals surface area contributed by atoms with Gasteiger partial charge < -0.3 is 30.6 Å². The van der Waals surface area contributed by atoms with Crippen molar-refractivity contribution in [1.29, 1.82) is 0 Å². The van der Waals surface area contributed by atoms with Gasteiger partial charge in [-0.1, -0.05) is 39.0 Å². The molecule has 0 saturated heterocycles. The summed E-state index contributed by atoms with van der Waals surface area (Å²) in [5, 5.41) is 5.79. The van der Waals surface area contributed by atoms with Crippen LogP contribution in [0.3, 0.4) is 0 Å². The molecule has 37 heavy (non-hydrogen) atoms. The van der Waals surface area contributed by atoms with Crippen LogP contribution in [0.4, 0.5) is 33.8 Å². The topological polar surface area (TPSA) is 116 Å². The highest BCUT2D eigenvalue weighted by molar-refractivity contribution is 5.38. The molecule has 1 aromatic carbocycles. The summed E-state index contributed by atoms with van der Waals surface area (Å²) in [6, 6.07) is -0.665. The maximum Gasteiger partial charge on any atom is 0.328 e. The summed E-state index contributed by atoms with van der Waals surface area (Å²) in [7, 11) is 0. The number of halogens is 5. The van der Waals surface area contributed by atoms with Gasteiger partial charge in [0.25, 0.3) is 0 Å². The normalized spacial score (nSPS) is 11.1. The van der Waals surface area contributed by atoms with Crippen molar-refractivity contribution in [1.82, 2.24) is 15.0 Å². The first kappa shape index (κ1) is 30.4. The quantitative estimate of drug-likeness (QED) is 0.103. The molecule has 0 aliphatic rings. The molecule has 14 heteroatoms. The number of anilines is 2. The molecule has 9 nitrogen and oxygen atoms in total. The zero-order valence-corrected chi connectivity index (χ0v) is 20.7. The maximum atomic E-state index is 14.1. The molecule has 208 valence electrons. The van der Waals surface area contributed by atoms with Crippen LogP contribution in [0.15, 0.2) is 0 Å². The molecule has 4 N–H and O–H groups in total. The van der Waals surface area contributed by atoms with E-state index in [1.165, 1.54) is 6.42 Å². The summed E-state index contributed by atoms with van der Waals surface area (Å²) in [6.45, 7) is 4.63. The van der Waals surface area contributed by atoms with Crippen molar-refractivity contribution >= 4 is 11.9 Å². The third-order valence-electron chi connectivity index (χ3n) is 4.95. The second-order valence-electron chi connectivity index (χ2n) is 7.90. The summed E-state index contributed by atoms with van der Waals surface area (Å²) < 4.78 is 84.1. The van der Waals surface area contributed by atoms with E-state index in [0.29, 0.717) is 32.9 Å². The van der Waals surface area contributed by atoms with Gasteiger partial charge in [-0.15, -0.1) is 0 Å². The van der Waals surface area contributed by atoms with E-state index in [1.807, 2.05) is 0 Å². The zero-order chi connectivity index (χ0) is 27.0. The SMILES string of the molecule is CCCCCCCCNc1nc(NCCOCCOCCN)nc(Oc2c(F)c(F)c(F)c(F)c2F)n1. The molecule has 0 unspecified atom stereocenters. The number of nitrogens with one attached hydrogen (secondary N) is 2. The van der Waals surface area contributed by atoms with Crippen molar-refractivity contribution in [3.8, 4) is 11.8 Å². The van der Waals surface area contributed by atoms with Crippen LogP contribution in [-0.2, 0) is 9.47 Å². The fourth-order valence-electron chi connectivity index (χ4n) is 3.07. The first-order valence-corrected chi connectivity index (χ1v) is 12.2. The fourth-order valence-corrected chi connectivity index (χ4v) is 3.07. The van der Waals surface area contributed by atoms with Crippen LogP contribution < -0.4 is 21.1 Å². The van der Waals surface area contributed by atoms with Crippen molar-refractivity contribution in [2.45, 2.75) is 45.4 Å². The maximum absolute atomic E-state index is 14.1. The van der Waals surface area contributed by atoms with Crippen molar-refractivity contribution in [3.63, 3.8) is 0 Å². The summed E-state index contributed by atoms with van der Waals surface area (Å²) in [5.41, 5.74) is 5.32. The molecule has 0 bridgehead atoms. The molecular weight excluding hydrogens is 503 g/mol. The molecule has 0 atom stereocenters. The number of benzene rings is 1. The van der Waals surface area contributed by atoms with Gasteiger partial charge in [-0.25, -0.2) is 13.2 Å². The minimum Gasteiger partial charge on any atom is -0.418 e. The van der Waals surface area contributed by atoms with Crippen molar-refractivity contribution < 1.29 is 36.2 Å². The molecule has 0 spiro atoms. The molecule has 0 amide bonds. The van der Waals surface area contributed by atoms with Gasteiger partial charge in [0.2, 0.25) is 46.7 Å². The number of unbranched alkanes of at least 4 members (excludes halogenated alkanes) is 5. The van der Waals surface area contributed by atoms with E-state index >= 15 is 0 Å². The lowest BCUT2D eigenvalue weighted by Crippen LogP contribution is -2.17. The van der Waals surface area contributed by atoms with Crippen molar-refractivity contribution in [2.24, 2.45) is 5.73 Å². The first-order valence-electron chi connectivity index (χ1n) is 12.2.